The fraction of sp³-hybridized carbons (Fsp3) is 0.0952. The van der Waals surface area contributed by atoms with E-state index in [1.54, 1.807) is 36.4 Å². The zero-order chi connectivity index (χ0) is 20.0. The van der Waals surface area contributed by atoms with Crippen molar-refractivity contribution in [3.05, 3.63) is 90.0 Å². The molecule has 29 heavy (non-hydrogen) atoms. The molecule has 0 fully saturated rings. The second-order valence-electron chi connectivity index (χ2n) is 6.14. The molecule has 0 bridgehead atoms. The Morgan fingerprint density at radius 1 is 0.897 bits per heavy atom. The second kappa shape index (κ2) is 10.6. The van der Waals surface area contributed by atoms with E-state index in [-0.39, 0.29) is 46.8 Å². The molecule has 0 spiro atoms. The molecule has 0 aromatic heterocycles. The smallest absolute Gasteiger partial charge is 0.736 e. The number of benzene rings is 3. The third-order valence-electron chi connectivity index (χ3n) is 3.95. The first-order valence-corrected chi connectivity index (χ1v) is 10.1. The SMILES string of the molecule is Nc1cccc(OP(=O)([O-])Oc2ccc(CCC(=O)c3ccccc3)cc2)c1.[Na+]. The Morgan fingerprint density at radius 2 is 1.55 bits per heavy atom. The number of hydrogen-bond donors (Lipinski definition) is 1. The van der Waals surface area contributed by atoms with Gasteiger partial charge < -0.3 is 19.7 Å². The number of phosphoric acid groups is 1. The van der Waals surface area contributed by atoms with E-state index in [0.29, 0.717) is 24.1 Å². The summed E-state index contributed by atoms with van der Waals surface area (Å²) in [6.45, 7) is 0. The molecule has 0 saturated heterocycles. The molecule has 0 aliphatic heterocycles. The summed E-state index contributed by atoms with van der Waals surface area (Å²) in [6.07, 6.45) is 0.908. The summed E-state index contributed by atoms with van der Waals surface area (Å²) >= 11 is 0. The van der Waals surface area contributed by atoms with Crippen molar-refractivity contribution in [2.45, 2.75) is 12.8 Å². The summed E-state index contributed by atoms with van der Waals surface area (Å²) < 4.78 is 21.9. The van der Waals surface area contributed by atoms with Gasteiger partial charge in [0.1, 0.15) is 11.5 Å². The number of aryl methyl sites for hydroxylation is 1. The van der Waals surface area contributed by atoms with Crippen LogP contribution >= 0.6 is 7.82 Å². The minimum Gasteiger partial charge on any atom is -0.736 e. The van der Waals surface area contributed by atoms with Crippen molar-refractivity contribution in [3.63, 3.8) is 0 Å². The maximum Gasteiger partial charge on any atom is 1.00 e. The Labute approximate surface area is 191 Å². The fourth-order valence-electron chi connectivity index (χ4n) is 2.59. The Balaban J connectivity index is 0.00000300. The predicted octanol–water partition coefficient (Wildman–Crippen LogP) is 1.01. The summed E-state index contributed by atoms with van der Waals surface area (Å²) in [6, 6.07) is 21.6. The number of ketones is 1. The molecule has 3 aromatic rings. The van der Waals surface area contributed by atoms with Crippen LogP contribution in [0, 0.1) is 0 Å². The van der Waals surface area contributed by atoms with Gasteiger partial charge in [0.25, 0.3) is 0 Å². The zero-order valence-corrected chi connectivity index (χ0v) is 18.9. The minimum absolute atomic E-state index is 0. The molecule has 0 amide bonds. The summed E-state index contributed by atoms with van der Waals surface area (Å²) in [5.41, 5.74) is 7.55. The van der Waals surface area contributed by atoms with Gasteiger partial charge in [0.05, 0.1) is 0 Å². The first-order chi connectivity index (χ1) is 13.4. The van der Waals surface area contributed by atoms with E-state index in [1.165, 1.54) is 24.3 Å². The van der Waals surface area contributed by atoms with E-state index in [9.17, 15) is 14.3 Å². The van der Waals surface area contributed by atoms with E-state index in [4.69, 9.17) is 14.8 Å². The van der Waals surface area contributed by atoms with Gasteiger partial charge in [-0.1, -0.05) is 48.5 Å². The number of anilines is 1. The molecule has 1 atom stereocenters. The number of carbonyl (C=O) groups excluding carboxylic acids is 1. The number of rotatable bonds is 8. The third-order valence-corrected chi connectivity index (χ3v) is 4.82. The van der Waals surface area contributed by atoms with Crippen LogP contribution in [0.25, 0.3) is 0 Å². The monoisotopic (exact) mass is 419 g/mol. The average Bonchev–Trinajstić information content (AvgIpc) is 2.67. The average molecular weight is 419 g/mol. The molecule has 3 aromatic carbocycles. The number of hydrogen-bond acceptors (Lipinski definition) is 6. The number of Topliss-reactive ketones (excluding diaryl/α,β-unsaturated/α-hetero) is 1. The van der Waals surface area contributed by atoms with Gasteiger partial charge in [0, 0.05) is 23.7 Å². The summed E-state index contributed by atoms with van der Waals surface area (Å²) in [5, 5.41) is 0. The second-order valence-corrected chi connectivity index (χ2v) is 7.40. The maximum absolute atomic E-state index is 12.1. The molecular weight excluding hydrogens is 400 g/mol. The van der Waals surface area contributed by atoms with Crippen molar-refractivity contribution in [2.24, 2.45) is 0 Å². The van der Waals surface area contributed by atoms with E-state index in [0.717, 1.165) is 5.56 Å². The van der Waals surface area contributed by atoms with Gasteiger partial charge in [-0.2, -0.15) is 0 Å². The van der Waals surface area contributed by atoms with E-state index < -0.39 is 7.82 Å². The molecule has 0 aliphatic rings. The molecule has 2 N–H and O–H groups in total. The molecule has 6 nitrogen and oxygen atoms in total. The van der Waals surface area contributed by atoms with E-state index >= 15 is 0 Å². The molecule has 1 unspecified atom stereocenters. The van der Waals surface area contributed by atoms with Crippen LogP contribution in [0.3, 0.4) is 0 Å². The van der Waals surface area contributed by atoms with Crippen LogP contribution in [0.5, 0.6) is 11.5 Å². The van der Waals surface area contributed by atoms with Crippen molar-refractivity contribution in [2.75, 3.05) is 5.73 Å². The number of carbonyl (C=O) groups is 1. The molecule has 0 heterocycles. The third kappa shape index (κ3) is 7.35. The Bertz CT molecular complexity index is 995. The van der Waals surface area contributed by atoms with E-state index in [2.05, 4.69) is 0 Å². The van der Waals surface area contributed by atoms with Crippen LogP contribution in [0.15, 0.2) is 78.9 Å². The van der Waals surface area contributed by atoms with Gasteiger partial charge in [-0.3, -0.25) is 4.79 Å². The number of phosphoric ester groups is 1. The van der Waals surface area contributed by atoms with Crippen molar-refractivity contribution in [1.29, 1.82) is 0 Å². The first-order valence-electron chi connectivity index (χ1n) is 8.64. The van der Waals surface area contributed by atoms with Gasteiger partial charge in [-0.05, 0) is 36.2 Å². The summed E-state index contributed by atoms with van der Waals surface area (Å²) in [7, 11) is -4.60. The maximum atomic E-state index is 12.1. The van der Waals surface area contributed by atoms with Crippen LogP contribution < -0.4 is 49.2 Å². The standard InChI is InChI=1S/C21H20NO5P.Na/c22-18-7-4-8-20(15-18)27-28(24,25)26-19-12-9-16(10-13-19)11-14-21(23)17-5-2-1-3-6-17;/h1-10,12-13,15H,11,14,22H2,(H,24,25);/q;+1/p-1. The van der Waals surface area contributed by atoms with Crippen LogP contribution in [0.1, 0.15) is 22.3 Å². The number of nitrogen functional groups attached to an aromatic ring is 1. The van der Waals surface area contributed by atoms with Crippen molar-refractivity contribution in [1.82, 2.24) is 0 Å². The normalized spacial score (nSPS) is 12.3. The Morgan fingerprint density at radius 3 is 2.21 bits per heavy atom. The predicted molar refractivity (Wildman–Crippen MR) is 105 cm³/mol. The zero-order valence-electron chi connectivity index (χ0n) is 16.0. The molecule has 0 saturated carbocycles. The summed E-state index contributed by atoms with van der Waals surface area (Å²) in [5.74, 6) is 0.260. The van der Waals surface area contributed by atoms with Crippen LogP contribution in [-0.4, -0.2) is 5.78 Å². The van der Waals surface area contributed by atoms with Crippen LogP contribution in [0.4, 0.5) is 5.69 Å². The van der Waals surface area contributed by atoms with Crippen molar-refractivity contribution in [3.8, 4) is 11.5 Å². The molecule has 144 valence electrons. The molecule has 0 aliphatic carbocycles. The summed E-state index contributed by atoms with van der Waals surface area (Å²) in [4.78, 5) is 24.2. The minimum atomic E-state index is -4.60. The molecule has 0 radical (unpaired) electrons. The first kappa shape index (κ1) is 23.2. The van der Waals surface area contributed by atoms with Gasteiger partial charge in [-0.25, -0.2) is 4.57 Å². The largest absolute Gasteiger partial charge is 1.00 e. The Kier molecular flexibility index (Phi) is 8.50. The Hall–Kier alpha value is -2.08. The van der Waals surface area contributed by atoms with Gasteiger partial charge in [0.15, 0.2) is 5.78 Å². The van der Waals surface area contributed by atoms with Gasteiger partial charge in [0.2, 0.25) is 0 Å². The van der Waals surface area contributed by atoms with Crippen molar-refractivity contribution >= 4 is 19.3 Å². The van der Waals surface area contributed by atoms with Crippen LogP contribution in [0.2, 0.25) is 0 Å². The van der Waals surface area contributed by atoms with E-state index in [1.807, 2.05) is 18.2 Å². The quantitative estimate of drug-likeness (QED) is 0.253. The fourth-order valence-corrected chi connectivity index (χ4v) is 3.38. The molecule has 3 rings (SSSR count). The van der Waals surface area contributed by atoms with Crippen molar-refractivity contribution < 1.29 is 52.9 Å². The van der Waals surface area contributed by atoms with Crippen LogP contribution in [-0.2, 0) is 11.0 Å². The molecule has 8 heteroatoms. The van der Waals surface area contributed by atoms with Gasteiger partial charge in [-0.15, -0.1) is 0 Å². The molecular formula is C21H19NNaO5P. The number of nitrogens with two attached hydrogens (primary N) is 1. The van der Waals surface area contributed by atoms with Gasteiger partial charge >= 0.3 is 37.4 Å². The topological polar surface area (TPSA) is 102 Å².